The first kappa shape index (κ1) is 16.7. The maximum atomic E-state index is 12.9. The first-order chi connectivity index (χ1) is 11.7. The lowest BCUT2D eigenvalue weighted by Crippen LogP contribution is -2.37. The number of carbonyl (C=O) groups excluding carboxylic acids is 1. The molecule has 25 heavy (non-hydrogen) atoms. The van der Waals surface area contributed by atoms with Crippen LogP contribution in [0.5, 0.6) is 5.88 Å². The minimum absolute atomic E-state index is 0.103. The fraction of sp³-hybridized carbons (Fsp3) is 0.294. The number of carbonyl (C=O) groups is 1. The van der Waals surface area contributed by atoms with Crippen LogP contribution in [0.15, 0.2) is 21.7 Å². The van der Waals surface area contributed by atoms with Gasteiger partial charge in [0.2, 0.25) is 11.7 Å². The molecule has 3 rings (SSSR count). The molecule has 1 aromatic carbocycles. The van der Waals surface area contributed by atoms with Gasteiger partial charge in [-0.3, -0.25) is 18.7 Å². The van der Waals surface area contributed by atoms with Gasteiger partial charge in [0.05, 0.1) is 16.6 Å². The zero-order valence-corrected chi connectivity index (χ0v) is 14.6. The van der Waals surface area contributed by atoms with E-state index < -0.39 is 17.0 Å². The van der Waals surface area contributed by atoms with Crippen molar-refractivity contribution in [2.24, 2.45) is 21.1 Å². The van der Waals surface area contributed by atoms with Crippen LogP contribution in [0.4, 0.5) is 0 Å². The summed E-state index contributed by atoms with van der Waals surface area (Å²) in [5.41, 5.74) is 0.809. The summed E-state index contributed by atoms with van der Waals surface area (Å²) in [6, 6.07) is 3.13. The Bertz CT molecular complexity index is 1160. The minimum Gasteiger partial charge on any atom is -0.493 e. The van der Waals surface area contributed by atoms with Crippen molar-refractivity contribution in [2.45, 2.75) is 13.8 Å². The van der Waals surface area contributed by atoms with Gasteiger partial charge in [0.15, 0.2) is 0 Å². The van der Waals surface area contributed by atoms with Crippen LogP contribution >= 0.6 is 0 Å². The average molecular weight is 342 g/mol. The number of rotatable bonds is 2. The second-order valence-electron chi connectivity index (χ2n) is 6.07. The molecule has 0 atom stereocenters. The van der Waals surface area contributed by atoms with Crippen molar-refractivity contribution in [3.63, 3.8) is 0 Å². The molecular formula is C17H18N4O4. The molecule has 0 saturated carbocycles. The lowest BCUT2D eigenvalue weighted by Gasteiger charge is -2.12. The lowest BCUT2D eigenvalue weighted by molar-refractivity contribution is 0.103. The summed E-state index contributed by atoms with van der Waals surface area (Å²) in [6.07, 6.45) is 0. The maximum Gasteiger partial charge on any atom is 0.330 e. The first-order valence-electron chi connectivity index (χ1n) is 7.63. The number of aryl methyl sites for hydroxylation is 4. The molecule has 1 N–H and O–H groups in total. The Morgan fingerprint density at radius 2 is 1.72 bits per heavy atom. The molecule has 2 aromatic heterocycles. The number of hydrogen-bond donors (Lipinski definition) is 1. The van der Waals surface area contributed by atoms with Crippen LogP contribution in [-0.2, 0) is 21.1 Å². The predicted molar refractivity (Wildman–Crippen MR) is 92.2 cm³/mol. The quantitative estimate of drug-likeness (QED) is 0.685. The van der Waals surface area contributed by atoms with E-state index in [2.05, 4.69) is 5.10 Å². The minimum atomic E-state index is -0.461. The van der Waals surface area contributed by atoms with E-state index >= 15 is 0 Å². The van der Waals surface area contributed by atoms with Crippen molar-refractivity contribution in [2.75, 3.05) is 0 Å². The van der Waals surface area contributed by atoms with E-state index in [0.29, 0.717) is 22.2 Å². The zero-order chi connectivity index (χ0) is 18.6. The third-order valence-corrected chi connectivity index (χ3v) is 4.56. The highest BCUT2D eigenvalue weighted by atomic mass is 16.3. The van der Waals surface area contributed by atoms with Gasteiger partial charge in [0.1, 0.15) is 5.56 Å². The summed E-state index contributed by atoms with van der Waals surface area (Å²) >= 11 is 0. The second kappa shape index (κ2) is 5.44. The van der Waals surface area contributed by atoms with Crippen molar-refractivity contribution < 1.29 is 9.90 Å². The van der Waals surface area contributed by atoms with E-state index in [1.54, 1.807) is 33.0 Å². The van der Waals surface area contributed by atoms with E-state index in [1.165, 1.54) is 23.3 Å². The fourth-order valence-electron chi connectivity index (χ4n) is 3.12. The van der Waals surface area contributed by atoms with Crippen molar-refractivity contribution in [1.82, 2.24) is 18.9 Å². The molecule has 0 aliphatic rings. The SMILES string of the molecule is Cc1nn(C)c(O)c1C(=O)c1ccc2c(c1C)c(=O)n(C)c(=O)n2C. The molecule has 0 radical (unpaired) electrons. The Morgan fingerprint density at radius 3 is 2.28 bits per heavy atom. The summed E-state index contributed by atoms with van der Waals surface area (Å²) < 4.78 is 3.60. The van der Waals surface area contributed by atoms with Gasteiger partial charge < -0.3 is 5.11 Å². The van der Waals surface area contributed by atoms with Crippen LogP contribution in [0.3, 0.4) is 0 Å². The third-order valence-electron chi connectivity index (χ3n) is 4.56. The molecule has 0 spiro atoms. The molecule has 0 bridgehead atoms. The van der Waals surface area contributed by atoms with Gasteiger partial charge in [-0.15, -0.1) is 0 Å². The van der Waals surface area contributed by atoms with Gasteiger partial charge in [-0.1, -0.05) is 0 Å². The lowest BCUT2D eigenvalue weighted by atomic mass is 9.96. The molecule has 0 amide bonds. The molecule has 0 unspecified atom stereocenters. The molecule has 130 valence electrons. The molecule has 0 saturated heterocycles. The van der Waals surface area contributed by atoms with Crippen molar-refractivity contribution in [3.8, 4) is 5.88 Å². The van der Waals surface area contributed by atoms with Gasteiger partial charge >= 0.3 is 5.69 Å². The predicted octanol–water partition coefficient (Wildman–Crippen LogP) is 0.524. The molecule has 0 fully saturated rings. The maximum absolute atomic E-state index is 12.9. The zero-order valence-electron chi connectivity index (χ0n) is 14.6. The molecule has 0 aliphatic heterocycles. The molecule has 0 aliphatic carbocycles. The first-order valence-corrected chi connectivity index (χ1v) is 7.63. The fourth-order valence-corrected chi connectivity index (χ4v) is 3.12. The molecular weight excluding hydrogens is 324 g/mol. The second-order valence-corrected chi connectivity index (χ2v) is 6.07. The van der Waals surface area contributed by atoms with Crippen LogP contribution in [0.25, 0.3) is 10.9 Å². The highest BCUT2D eigenvalue weighted by Crippen LogP contribution is 2.26. The van der Waals surface area contributed by atoms with Crippen molar-refractivity contribution in [1.29, 1.82) is 0 Å². The topological polar surface area (TPSA) is 99.1 Å². The smallest absolute Gasteiger partial charge is 0.330 e. The monoisotopic (exact) mass is 342 g/mol. The highest BCUT2D eigenvalue weighted by molar-refractivity contribution is 6.13. The number of aromatic nitrogens is 4. The number of nitrogens with zero attached hydrogens (tertiary/aromatic N) is 4. The highest BCUT2D eigenvalue weighted by Gasteiger charge is 2.24. The summed E-state index contributed by atoms with van der Waals surface area (Å²) in [5.74, 6) is -0.645. The number of benzene rings is 1. The van der Waals surface area contributed by atoms with Crippen molar-refractivity contribution in [3.05, 3.63) is 55.4 Å². The number of hydrogen-bond acceptors (Lipinski definition) is 5. The largest absolute Gasteiger partial charge is 0.493 e. The summed E-state index contributed by atoms with van der Waals surface area (Å²) in [6.45, 7) is 3.29. The van der Waals surface area contributed by atoms with Gasteiger partial charge in [-0.2, -0.15) is 5.10 Å². The van der Waals surface area contributed by atoms with Crippen molar-refractivity contribution >= 4 is 16.7 Å². The van der Waals surface area contributed by atoms with E-state index in [1.807, 2.05) is 0 Å². The van der Waals surface area contributed by atoms with E-state index in [-0.39, 0.29) is 17.0 Å². The average Bonchev–Trinajstić information content (AvgIpc) is 2.82. The normalized spacial score (nSPS) is 11.2. The van der Waals surface area contributed by atoms with Crippen LogP contribution in [0.1, 0.15) is 27.2 Å². The molecule has 8 heteroatoms. The summed E-state index contributed by atoms with van der Waals surface area (Å²) in [5, 5.41) is 14.4. The van der Waals surface area contributed by atoms with Crippen LogP contribution < -0.4 is 11.2 Å². The van der Waals surface area contributed by atoms with Gasteiger partial charge in [0, 0.05) is 26.7 Å². The Morgan fingerprint density at radius 1 is 1.08 bits per heavy atom. The number of aromatic hydroxyl groups is 1. The molecule has 3 aromatic rings. The Labute approximate surface area is 142 Å². The van der Waals surface area contributed by atoms with Gasteiger partial charge in [-0.05, 0) is 31.5 Å². The Kier molecular flexibility index (Phi) is 3.63. The van der Waals surface area contributed by atoms with E-state index in [4.69, 9.17) is 0 Å². The Balaban J connectivity index is 2.36. The summed E-state index contributed by atoms with van der Waals surface area (Å²) in [7, 11) is 4.51. The standard InChI is InChI=1S/C17H18N4O4/c1-8-10(14(22)13-9(2)18-21(5)16(13)24)6-7-11-12(8)15(23)20(4)17(25)19(11)3/h6-7,24H,1-5H3. The van der Waals surface area contributed by atoms with Crippen LogP contribution in [0.2, 0.25) is 0 Å². The molecule has 2 heterocycles. The third kappa shape index (κ3) is 2.21. The number of fused-ring (bicyclic) bond motifs is 1. The summed E-state index contributed by atoms with van der Waals surface area (Å²) in [4.78, 5) is 37.5. The van der Waals surface area contributed by atoms with E-state index in [9.17, 15) is 19.5 Å². The Hall–Kier alpha value is -3.16. The van der Waals surface area contributed by atoms with Gasteiger partial charge in [-0.25, -0.2) is 9.48 Å². The number of ketones is 1. The van der Waals surface area contributed by atoms with Crippen LogP contribution in [0, 0.1) is 13.8 Å². The van der Waals surface area contributed by atoms with Gasteiger partial charge in [0.25, 0.3) is 5.56 Å². The molecule has 8 nitrogen and oxygen atoms in total. The van der Waals surface area contributed by atoms with E-state index in [0.717, 1.165) is 4.57 Å². The van der Waals surface area contributed by atoms with Crippen LogP contribution in [-0.4, -0.2) is 29.8 Å².